The summed E-state index contributed by atoms with van der Waals surface area (Å²) in [4.78, 5) is 26.6. The zero-order valence-corrected chi connectivity index (χ0v) is 12.9. The number of rotatable bonds is 7. The number of methoxy groups -OCH3 is 1. The molecular formula is C15H20N2O3S. The molecule has 0 spiro atoms. The number of amides is 2. The summed E-state index contributed by atoms with van der Waals surface area (Å²) in [6.07, 6.45) is 1.08. The van der Waals surface area contributed by atoms with Crippen molar-refractivity contribution in [3.05, 3.63) is 24.3 Å². The van der Waals surface area contributed by atoms with Crippen LogP contribution in [0.2, 0.25) is 0 Å². The predicted octanol–water partition coefficient (Wildman–Crippen LogP) is 1.67. The summed E-state index contributed by atoms with van der Waals surface area (Å²) in [6.45, 7) is 1.62. The van der Waals surface area contributed by atoms with E-state index in [1.807, 2.05) is 24.3 Å². The van der Waals surface area contributed by atoms with Crippen molar-refractivity contribution < 1.29 is 14.3 Å². The average Bonchev–Trinajstić information content (AvgIpc) is 2.50. The van der Waals surface area contributed by atoms with Crippen LogP contribution in [0.5, 0.6) is 0 Å². The highest BCUT2D eigenvalue weighted by Gasteiger charge is 2.23. The number of carbonyl (C=O) groups is 2. The highest BCUT2D eigenvalue weighted by molar-refractivity contribution is 8.00. The van der Waals surface area contributed by atoms with E-state index in [1.165, 1.54) is 0 Å². The Morgan fingerprint density at radius 1 is 1.43 bits per heavy atom. The number of thioether (sulfide) groups is 1. The van der Waals surface area contributed by atoms with Crippen molar-refractivity contribution in [2.45, 2.75) is 17.7 Å². The third-order valence-electron chi connectivity index (χ3n) is 3.22. The number of hydrogen-bond acceptors (Lipinski definition) is 4. The van der Waals surface area contributed by atoms with Crippen LogP contribution in [-0.4, -0.2) is 44.4 Å². The van der Waals surface area contributed by atoms with E-state index in [0.717, 1.165) is 10.6 Å². The van der Waals surface area contributed by atoms with E-state index < -0.39 is 0 Å². The van der Waals surface area contributed by atoms with Crippen LogP contribution in [0.4, 0.5) is 5.69 Å². The average molecular weight is 308 g/mol. The Morgan fingerprint density at radius 3 is 3.05 bits per heavy atom. The van der Waals surface area contributed by atoms with Gasteiger partial charge >= 0.3 is 0 Å². The highest BCUT2D eigenvalue weighted by atomic mass is 32.2. The Morgan fingerprint density at radius 2 is 2.24 bits per heavy atom. The molecule has 1 aromatic carbocycles. The van der Waals surface area contributed by atoms with Crippen LogP contribution in [0.1, 0.15) is 12.8 Å². The Labute approximate surface area is 129 Å². The number of carbonyl (C=O) groups excluding carboxylic acids is 2. The topological polar surface area (TPSA) is 58.6 Å². The smallest absolute Gasteiger partial charge is 0.237 e. The summed E-state index contributed by atoms with van der Waals surface area (Å²) in [5.74, 6) is 0.578. The summed E-state index contributed by atoms with van der Waals surface area (Å²) in [5.41, 5.74) is 0.957. The minimum absolute atomic E-state index is 0.000770. The number of benzene rings is 1. The minimum atomic E-state index is -0.000770. The SMILES string of the molecule is COCCNC(=O)CCCN1C(=O)CSc2ccccc21. The normalized spacial score (nSPS) is 14.0. The number of para-hydroxylation sites is 1. The van der Waals surface area contributed by atoms with E-state index in [2.05, 4.69) is 5.32 Å². The molecule has 2 amide bonds. The van der Waals surface area contributed by atoms with Gasteiger partial charge in [0.1, 0.15) is 0 Å². The highest BCUT2D eigenvalue weighted by Crippen LogP contribution is 2.34. The number of ether oxygens (including phenoxy) is 1. The Kier molecular flexibility index (Phi) is 6.07. The van der Waals surface area contributed by atoms with Gasteiger partial charge in [-0.3, -0.25) is 9.59 Å². The molecule has 0 aromatic heterocycles. The third-order valence-corrected chi connectivity index (χ3v) is 4.27. The van der Waals surface area contributed by atoms with Crippen molar-refractivity contribution in [3.63, 3.8) is 0 Å². The molecule has 21 heavy (non-hydrogen) atoms. The van der Waals surface area contributed by atoms with Gasteiger partial charge in [0.2, 0.25) is 11.8 Å². The van der Waals surface area contributed by atoms with Gasteiger partial charge in [-0.1, -0.05) is 12.1 Å². The first-order chi connectivity index (χ1) is 10.2. The van der Waals surface area contributed by atoms with E-state index in [0.29, 0.717) is 38.3 Å². The van der Waals surface area contributed by atoms with E-state index in [1.54, 1.807) is 23.8 Å². The summed E-state index contributed by atoms with van der Waals surface area (Å²) in [6, 6.07) is 7.89. The lowest BCUT2D eigenvalue weighted by molar-refractivity contribution is -0.121. The van der Waals surface area contributed by atoms with Crippen LogP contribution < -0.4 is 10.2 Å². The van der Waals surface area contributed by atoms with Crippen molar-refractivity contribution in [2.24, 2.45) is 0 Å². The van der Waals surface area contributed by atoms with Gasteiger partial charge in [-0.2, -0.15) is 0 Å². The number of nitrogens with one attached hydrogen (secondary N) is 1. The Balaban J connectivity index is 1.83. The predicted molar refractivity (Wildman–Crippen MR) is 83.6 cm³/mol. The van der Waals surface area contributed by atoms with Crippen molar-refractivity contribution in [1.29, 1.82) is 0 Å². The maximum absolute atomic E-state index is 12.0. The second-order valence-electron chi connectivity index (χ2n) is 4.75. The maximum atomic E-state index is 12.0. The van der Waals surface area contributed by atoms with Gasteiger partial charge in [-0.25, -0.2) is 0 Å². The fourth-order valence-electron chi connectivity index (χ4n) is 2.18. The summed E-state index contributed by atoms with van der Waals surface area (Å²) >= 11 is 1.57. The lowest BCUT2D eigenvalue weighted by atomic mass is 10.2. The zero-order valence-electron chi connectivity index (χ0n) is 12.1. The lowest BCUT2D eigenvalue weighted by Gasteiger charge is -2.28. The quantitative estimate of drug-likeness (QED) is 0.779. The first kappa shape index (κ1) is 15.9. The van der Waals surface area contributed by atoms with Crippen LogP contribution in [0, 0.1) is 0 Å². The van der Waals surface area contributed by atoms with Crippen LogP contribution in [0.15, 0.2) is 29.2 Å². The molecule has 1 heterocycles. The third kappa shape index (κ3) is 4.47. The first-order valence-electron chi connectivity index (χ1n) is 7.00. The van der Waals surface area contributed by atoms with Crippen LogP contribution in [0.3, 0.4) is 0 Å². The molecule has 6 heteroatoms. The van der Waals surface area contributed by atoms with Gasteiger partial charge in [-0.05, 0) is 18.6 Å². The summed E-state index contributed by atoms with van der Waals surface area (Å²) in [7, 11) is 1.60. The molecule has 1 aliphatic rings. The molecule has 114 valence electrons. The standard InChI is InChI=1S/C15H20N2O3S/c1-20-10-8-16-14(18)7-4-9-17-12-5-2-3-6-13(12)21-11-15(17)19/h2-3,5-6H,4,7-11H2,1H3,(H,16,18). The molecule has 1 N–H and O–H groups in total. The van der Waals surface area contributed by atoms with Gasteiger partial charge in [0.15, 0.2) is 0 Å². The molecule has 0 fully saturated rings. The Hall–Kier alpha value is -1.53. The number of hydrogen-bond donors (Lipinski definition) is 1. The number of nitrogens with zero attached hydrogens (tertiary/aromatic N) is 1. The van der Waals surface area contributed by atoms with Crippen LogP contribution in [-0.2, 0) is 14.3 Å². The fourth-order valence-corrected chi connectivity index (χ4v) is 3.11. The van der Waals surface area contributed by atoms with Gasteiger partial charge < -0.3 is 15.0 Å². The van der Waals surface area contributed by atoms with Gasteiger partial charge in [0.25, 0.3) is 0 Å². The largest absolute Gasteiger partial charge is 0.383 e. The van der Waals surface area contributed by atoms with E-state index in [4.69, 9.17) is 4.74 Å². The number of fused-ring (bicyclic) bond motifs is 1. The van der Waals surface area contributed by atoms with Crippen molar-refractivity contribution >= 4 is 29.3 Å². The summed E-state index contributed by atoms with van der Waals surface area (Å²) in [5, 5.41) is 2.78. The van der Waals surface area contributed by atoms with E-state index >= 15 is 0 Å². The minimum Gasteiger partial charge on any atom is -0.383 e. The zero-order chi connectivity index (χ0) is 15.1. The second-order valence-corrected chi connectivity index (χ2v) is 5.77. The molecule has 1 aromatic rings. The molecule has 0 saturated carbocycles. The molecule has 0 unspecified atom stereocenters. The van der Waals surface area contributed by atoms with E-state index in [9.17, 15) is 9.59 Å². The monoisotopic (exact) mass is 308 g/mol. The van der Waals surface area contributed by atoms with Gasteiger partial charge in [-0.15, -0.1) is 11.8 Å². The molecule has 0 atom stereocenters. The van der Waals surface area contributed by atoms with Crippen molar-refractivity contribution in [1.82, 2.24) is 5.32 Å². The molecular weight excluding hydrogens is 288 g/mol. The Bertz CT molecular complexity index is 507. The molecule has 0 bridgehead atoms. The molecule has 0 aliphatic carbocycles. The van der Waals surface area contributed by atoms with Crippen LogP contribution >= 0.6 is 11.8 Å². The molecule has 5 nitrogen and oxygen atoms in total. The van der Waals surface area contributed by atoms with Gasteiger partial charge in [0, 0.05) is 31.5 Å². The number of anilines is 1. The molecule has 0 radical (unpaired) electrons. The van der Waals surface area contributed by atoms with Gasteiger partial charge in [0.05, 0.1) is 18.0 Å². The van der Waals surface area contributed by atoms with Crippen molar-refractivity contribution in [3.8, 4) is 0 Å². The van der Waals surface area contributed by atoms with E-state index in [-0.39, 0.29) is 11.8 Å². The molecule has 0 saturated heterocycles. The summed E-state index contributed by atoms with van der Waals surface area (Å²) < 4.78 is 4.88. The second kappa shape index (κ2) is 8.05. The maximum Gasteiger partial charge on any atom is 0.237 e. The first-order valence-corrected chi connectivity index (χ1v) is 7.99. The molecule has 2 rings (SSSR count). The van der Waals surface area contributed by atoms with Crippen molar-refractivity contribution in [2.75, 3.05) is 37.5 Å². The molecule has 1 aliphatic heterocycles. The lowest BCUT2D eigenvalue weighted by Crippen LogP contribution is -2.36. The van der Waals surface area contributed by atoms with Crippen LogP contribution in [0.25, 0.3) is 0 Å². The fraction of sp³-hybridized carbons (Fsp3) is 0.467.